The maximum absolute atomic E-state index is 13.7. The predicted octanol–water partition coefficient (Wildman–Crippen LogP) is 4.53. The van der Waals surface area contributed by atoms with Gasteiger partial charge in [0.2, 0.25) is 0 Å². The molecule has 0 amide bonds. The highest BCUT2D eigenvalue weighted by molar-refractivity contribution is 6.33. The fourth-order valence-corrected chi connectivity index (χ4v) is 1.90. The number of halogens is 5. The number of aromatic nitrogens is 1. The van der Waals surface area contributed by atoms with Crippen molar-refractivity contribution in [2.45, 2.75) is 13.1 Å². The Bertz CT molecular complexity index is 686. The molecule has 0 unspecified atom stereocenters. The molecule has 1 aromatic carbocycles. The van der Waals surface area contributed by atoms with Crippen LogP contribution in [0.5, 0.6) is 0 Å². The van der Waals surface area contributed by atoms with Crippen molar-refractivity contribution in [3.8, 4) is 0 Å². The lowest BCUT2D eigenvalue weighted by Gasteiger charge is -2.16. The van der Waals surface area contributed by atoms with E-state index in [-0.39, 0.29) is 16.5 Å². The molecule has 0 atom stereocenters. The molecule has 2 rings (SSSR count). The molecule has 0 aliphatic heterocycles. The zero-order valence-electron chi connectivity index (χ0n) is 10.7. The van der Waals surface area contributed by atoms with Crippen LogP contribution >= 0.6 is 11.6 Å². The van der Waals surface area contributed by atoms with Crippen LogP contribution in [0.1, 0.15) is 11.3 Å². The van der Waals surface area contributed by atoms with E-state index >= 15 is 0 Å². The number of hydrogen-bond acceptors (Lipinski definition) is 3. The summed E-state index contributed by atoms with van der Waals surface area (Å²) in [5.74, 6) is -0.985. The SMILES string of the molecule is Cc1nc(N)c(Cl)cc1Nc1c(F)cccc1C(F)(F)F. The largest absolute Gasteiger partial charge is 0.418 e. The van der Waals surface area contributed by atoms with E-state index in [1.54, 1.807) is 0 Å². The summed E-state index contributed by atoms with van der Waals surface area (Å²) >= 11 is 5.78. The number of hydrogen-bond donors (Lipinski definition) is 2. The van der Waals surface area contributed by atoms with Gasteiger partial charge in [-0.05, 0) is 25.1 Å². The lowest BCUT2D eigenvalue weighted by molar-refractivity contribution is -0.137. The minimum atomic E-state index is -4.69. The third kappa shape index (κ3) is 3.18. The molecule has 21 heavy (non-hydrogen) atoms. The van der Waals surface area contributed by atoms with Crippen LogP contribution in [0.15, 0.2) is 24.3 Å². The number of pyridine rings is 1. The maximum atomic E-state index is 13.7. The van der Waals surface area contributed by atoms with Crippen LogP contribution in [0.3, 0.4) is 0 Å². The Morgan fingerprint density at radius 3 is 2.57 bits per heavy atom. The first kappa shape index (κ1) is 15.4. The van der Waals surface area contributed by atoms with Crippen LogP contribution in [0.2, 0.25) is 5.02 Å². The van der Waals surface area contributed by atoms with Crippen molar-refractivity contribution in [1.29, 1.82) is 0 Å². The fraction of sp³-hybridized carbons (Fsp3) is 0.154. The zero-order chi connectivity index (χ0) is 15.8. The zero-order valence-corrected chi connectivity index (χ0v) is 11.5. The Morgan fingerprint density at radius 2 is 1.95 bits per heavy atom. The topological polar surface area (TPSA) is 50.9 Å². The van der Waals surface area contributed by atoms with Crippen molar-refractivity contribution in [2.24, 2.45) is 0 Å². The summed E-state index contributed by atoms with van der Waals surface area (Å²) in [6, 6.07) is 4.00. The van der Waals surface area contributed by atoms with Gasteiger partial charge < -0.3 is 11.1 Å². The first-order chi connectivity index (χ1) is 9.70. The van der Waals surface area contributed by atoms with E-state index in [4.69, 9.17) is 17.3 Å². The van der Waals surface area contributed by atoms with Crippen LogP contribution in [0, 0.1) is 12.7 Å². The van der Waals surface area contributed by atoms with Gasteiger partial charge in [-0.15, -0.1) is 0 Å². The monoisotopic (exact) mass is 319 g/mol. The summed E-state index contributed by atoms with van der Waals surface area (Å²) < 4.78 is 52.5. The molecule has 0 aliphatic carbocycles. The van der Waals surface area contributed by atoms with Gasteiger partial charge >= 0.3 is 6.18 Å². The minimum Gasteiger partial charge on any atom is -0.382 e. The number of nitrogens with zero attached hydrogens (tertiary/aromatic N) is 1. The van der Waals surface area contributed by atoms with E-state index in [1.807, 2.05) is 0 Å². The number of nitrogen functional groups attached to an aromatic ring is 1. The summed E-state index contributed by atoms with van der Waals surface area (Å²) in [6.07, 6.45) is -4.69. The van der Waals surface area contributed by atoms with E-state index < -0.39 is 23.2 Å². The summed E-state index contributed by atoms with van der Waals surface area (Å²) in [7, 11) is 0. The third-order valence-electron chi connectivity index (χ3n) is 2.77. The van der Waals surface area contributed by atoms with Crippen LogP contribution < -0.4 is 11.1 Å². The number of nitrogens with one attached hydrogen (secondary N) is 1. The van der Waals surface area contributed by atoms with E-state index in [2.05, 4.69) is 10.3 Å². The molecular formula is C13H10ClF4N3. The molecule has 0 aliphatic rings. The Kier molecular flexibility index (Phi) is 3.95. The third-order valence-corrected chi connectivity index (χ3v) is 3.08. The van der Waals surface area contributed by atoms with E-state index in [0.717, 1.165) is 18.2 Å². The van der Waals surface area contributed by atoms with Crippen molar-refractivity contribution in [2.75, 3.05) is 11.1 Å². The van der Waals surface area contributed by atoms with Crippen LogP contribution in [-0.2, 0) is 6.18 Å². The van der Waals surface area contributed by atoms with Crippen LogP contribution in [0.25, 0.3) is 0 Å². The molecule has 1 aromatic heterocycles. The molecule has 2 aromatic rings. The smallest absolute Gasteiger partial charge is 0.382 e. The highest BCUT2D eigenvalue weighted by Gasteiger charge is 2.34. The lowest BCUT2D eigenvalue weighted by atomic mass is 10.1. The van der Waals surface area contributed by atoms with Gasteiger partial charge in [-0.25, -0.2) is 9.37 Å². The quantitative estimate of drug-likeness (QED) is 0.800. The van der Waals surface area contributed by atoms with Gasteiger partial charge in [0.1, 0.15) is 11.6 Å². The molecule has 0 spiro atoms. The number of nitrogens with two attached hydrogens (primary N) is 1. The Labute approximate surface area is 122 Å². The lowest BCUT2D eigenvalue weighted by Crippen LogP contribution is -2.11. The Morgan fingerprint density at radius 1 is 1.29 bits per heavy atom. The van der Waals surface area contributed by atoms with E-state index in [9.17, 15) is 17.6 Å². The number of rotatable bonds is 2. The van der Waals surface area contributed by atoms with Crippen molar-refractivity contribution in [3.63, 3.8) is 0 Å². The normalized spacial score (nSPS) is 11.5. The first-order valence-corrected chi connectivity index (χ1v) is 6.13. The van der Waals surface area contributed by atoms with Crippen molar-refractivity contribution in [3.05, 3.63) is 46.4 Å². The van der Waals surface area contributed by atoms with Gasteiger partial charge in [-0.3, -0.25) is 0 Å². The standard InChI is InChI=1S/C13H10ClF4N3/c1-6-10(5-8(14)12(19)20-6)21-11-7(13(16,17)18)3-2-4-9(11)15/h2-5,21H,1H3,(H2,19,20). The van der Waals surface area contributed by atoms with Crippen LogP contribution in [0.4, 0.5) is 34.8 Å². The second kappa shape index (κ2) is 5.40. The average Bonchev–Trinajstić information content (AvgIpc) is 2.36. The molecule has 3 nitrogen and oxygen atoms in total. The average molecular weight is 320 g/mol. The molecule has 3 N–H and O–H groups in total. The molecule has 1 heterocycles. The van der Waals surface area contributed by atoms with Gasteiger partial charge in [0.05, 0.1) is 27.7 Å². The molecular weight excluding hydrogens is 310 g/mol. The second-order valence-corrected chi connectivity index (χ2v) is 4.68. The molecule has 112 valence electrons. The molecule has 0 saturated heterocycles. The minimum absolute atomic E-state index is 0.0456. The van der Waals surface area contributed by atoms with Crippen LogP contribution in [-0.4, -0.2) is 4.98 Å². The molecule has 0 saturated carbocycles. The number of anilines is 3. The highest BCUT2D eigenvalue weighted by atomic mass is 35.5. The number of aryl methyl sites for hydroxylation is 1. The number of para-hydroxylation sites is 1. The van der Waals surface area contributed by atoms with Gasteiger partial charge in [-0.1, -0.05) is 17.7 Å². The summed E-state index contributed by atoms with van der Waals surface area (Å²) in [4.78, 5) is 3.87. The fourth-order valence-electron chi connectivity index (χ4n) is 1.75. The molecule has 0 radical (unpaired) electrons. The molecule has 0 fully saturated rings. The van der Waals surface area contributed by atoms with E-state index in [1.165, 1.54) is 13.0 Å². The molecule has 0 bridgehead atoms. The van der Waals surface area contributed by atoms with Gasteiger partial charge in [0.25, 0.3) is 0 Å². The number of benzene rings is 1. The summed E-state index contributed by atoms with van der Waals surface area (Å²) in [5, 5.41) is 2.45. The van der Waals surface area contributed by atoms with Gasteiger partial charge in [-0.2, -0.15) is 13.2 Å². The Hall–Kier alpha value is -2.02. The van der Waals surface area contributed by atoms with E-state index in [0.29, 0.717) is 5.69 Å². The molecule has 8 heteroatoms. The highest BCUT2D eigenvalue weighted by Crippen LogP contribution is 2.38. The van der Waals surface area contributed by atoms with Gasteiger partial charge in [0, 0.05) is 0 Å². The number of alkyl halides is 3. The van der Waals surface area contributed by atoms with Gasteiger partial charge in [0.15, 0.2) is 0 Å². The van der Waals surface area contributed by atoms with Crippen molar-refractivity contribution >= 4 is 28.8 Å². The van der Waals surface area contributed by atoms with Crippen molar-refractivity contribution < 1.29 is 17.6 Å². The maximum Gasteiger partial charge on any atom is 0.418 e. The second-order valence-electron chi connectivity index (χ2n) is 4.27. The van der Waals surface area contributed by atoms with Crippen molar-refractivity contribution in [1.82, 2.24) is 4.98 Å². The first-order valence-electron chi connectivity index (χ1n) is 5.75. The summed E-state index contributed by atoms with van der Waals surface area (Å²) in [5.41, 5.74) is 4.13. The predicted molar refractivity (Wildman–Crippen MR) is 73.1 cm³/mol. The Balaban J connectivity index is 2.52. The summed E-state index contributed by atoms with van der Waals surface area (Å²) in [6.45, 7) is 1.52.